The molecule has 1 aromatic rings. The van der Waals surface area contributed by atoms with E-state index < -0.39 is 11.9 Å². The van der Waals surface area contributed by atoms with Gasteiger partial charge in [-0.2, -0.15) is 5.26 Å². The number of carboxylic acid groups (broad SMARTS) is 1. The van der Waals surface area contributed by atoms with Gasteiger partial charge in [0.15, 0.2) is 0 Å². The molecule has 1 aliphatic heterocycles. The Hall–Kier alpha value is -2.35. The molecular weight excluding hydrogens is 232 g/mol. The van der Waals surface area contributed by atoms with Crippen LogP contribution in [0, 0.1) is 17.2 Å². The van der Waals surface area contributed by atoms with Crippen molar-refractivity contribution in [2.24, 2.45) is 5.92 Å². The molecule has 1 saturated heterocycles. The van der Waals surface area contributed by atoms with E-state index >= 15 is 0 Å². The summed E-state index contributed by atoms with van der Waals surface area (Å²) in [6, 6.07) is 8.41. The van der Waals surface area contributed by atoms with Gasteiger partial charge < -0.3 is 10.0 Å². The lowest BCUT2D eigenvalue weighted by atomic mass is 10.1. The molecule has 0 radical (unpaired) electrons. The van der Waals surface area contributed by atoms with Crippen LogP contribution in [0.4, 0.5) is 0 Å². The van der Waals surface area contributed by atoms with E-state index in [1.807, 2.05) is 6.07 Å². The average molecular weight is 244 g/mol. The summed E-state index contributed by atoms with van der Waals surface area (Å²) >= 11 is 0. The quantitative estimate of drug-likeness (QED) is 0.844. The lowest BCUT2D eigenvalue weighted by molar-refractivity contribution is -0.141. The molecule has 0 aromatic heterocycles. The molecule has 1 amide bonds. The lowest BCUT2D eigenvalue weighted by Crippen LogP contribution is -2.29. The summed E-state index contributed by atoms with van der Waals surface area (Å²) in [5.74, 6) is -1.56. The van der Waals surface area contributed by atoms with Crippen molar-refractivity contribution in [3.05, 3.63) is 35.4 Å². The average Bonchev–Trinajstić information content (AvgIpc) is 2.87. The van der Waals surface area contributed by atoms with Crippen LogP contribution in [0.5, 0.6) is 0 Å². The first-order valence-electron chi connectivity index (χ1n) is 5.64. The van der Waals surface area contributed by atoms with Crippen molar-refractivity contribution < 1.29 is 14.7 Å². The highest BCUT2D eigenvalue weighted by Gasteiger charge is 2.31. The second-order valence-electron chi connectivity index (χ2n) is 4.27. The summed E-state index contributed by atoms with van der Waals surface area (Å²) in [5.41, 5.74) is 0.856. The number of benzene rings is 1. The first-order valence-corrected chi connectivity index (χ1v) is 5.64. The number of hydrogen-bond acceptors (Lipinski definition) is 3. The van der Waals surface area contributed by atoms with E-state index in [2.05, 4.69) is 0 Å². The minimum atomic E-state index is -0.865. The van der Waals surface area contributed by atoms with Crippen LogP contribution in [0.3, 0.4) is 0 Å². The monoisotopic (exact) mass is 244 g/mol. The third kappa shape index (κ3) is 2.33. The summed E-state index contributed by atoms with van der Waals surface area (Å²) in [6.07, 6.45) is 0.485. The number of nitriles is 1. The normalized spacial score (nSPS) is 18.4. The number of carbonyl (C=O) groups is 2. The van der Waals surface area contributed by atoms with Crippen LogP contribution in [0.2, 0.25) is 0 Å². The zero-order chi connectivity index (χ0) is 13.1. The molecule has 1 heterocycles. The molecule has 1 fully saturated rings. The van der Waals surface area contributed by atoms with E-state index in [0.29, 0.717) is 24.1 Å². The van der Waals surface area contributed by atoms with Crippen LogP contribution in [0.1, 0.15) is 22.3 Å². The number of nitrogens with zero attached hydrogens (tertiary/aromatic N) is 2. The zero-order valence-electron chi connectivity index (χ0n) is 9.67. The van der Waals surface area contributed by atoms with Crippen molar-refractivity contribution in [2.45, 2.75) is 6.42 Å². The lowest BCUT2D eigenvalue weighted by Gasteiger charge is -2.15. The second-order valence-corrected chi connectivity index (χ2v) is 4.27. The fourth-order valence-corrected chi connectivity index (χ4v) is 2.05. The second kappa shape index (κ2) is 4.88. The smallest absolute Gasteiger partial charge is 0.308 e. The van der Waals surface area contributed by atoms with E-state index in [0.717, 1.165) is 0 Å². The molecule has 1 aliphatic rings. The summed E-state index contributed by atoms with van der Waals surface area (Å²) in [4.78, 5) is 24.5. The van der Waals surface area contributed by atoms with Gasteiger partial charge in [0, 0.05) is 18.7 Å². The minimum absolute atomic E-state index is 0.212. The van der Waals surface area contributed by atoms with Crippen LogP contribution < -0.4 is 0 Å². The third-order valence-electron chi connectivity index (χ3n) is 3.06. The maximum Gasteiger partial charge on any atom is 0.308 e. The Morgan fingerprint density at radius 1 is 1.44 bits per heavy atom. The number of carboxylic acids is 1. The van der Waals surface area contributed by atoms with Gasteiger partial charge in [0.2, 0.25) is 0 Å². The Balaban J connectivity index is 2.13. The van der Waals surface area contributed by atoms with E-state index in [1.165, 1.54) is 11.0 Å². The minimum Gasteiger partial charge on any atom is -0.481 e. The van der Waals surface area contributed by atoms with E-state index in [-0.39, 0.29) is 12.5 Å². The van der Waals surface area contributed by atoms with Crippen LogP contribution in [-0.4, -0.2) is 35.0 Å². The molecule has 0 unspecified atom stereocenters. The topological polar surface area (TPSA) is 81.4 Å². The number of aliphatic carboxylic acids is 1. The van der Waals surface area contributed by atoms with Gasteiger partial charge in [-0.05, 0) is 24.6 Å². The predicted octanol–water partition coefficient (Wildman–Crippen LogP) is 1.10. The molecule has 0 spiro atoms. The van der Waals surface area contributed by atoms with E-state index in [9.17, 15) is 9.59 Å². The molecule has 1 aromatic carbocycles. The van der Waals surface area contributed by atoms with Gasteiger partial charge in [0.05, 0.1) is 17.6 Å². The fraction of sp³-hybridized carbons (Fsp3) is 0.308. The molecule has 5 nitrogen and oxygen atoms in total. The molecular formula is C13H12N2O3. The Morgan fingerprint density at radius 2 is 2.22 bits per heavy atom. The fourth-order valence-electron chi connectivity index (χ4n) is 2.05. The van der Waals surface area contributed by atoms with E-state index in [4.69, 9.17) is 10.4 Å². The first kappa shape index (κ1) is 12.1. The summed E-state index contributed by atoms with van der Waals surface area (Å²) in [5, 5.41) is 17.7. The number of likely N-dealkylation sites (tertiary alicyclic amines) is 1. The number of rotatable bonds is 2. The largest absolute Gasteiger partial charge is 0.481 e. The number of hydrogen-bond donors (Lipinski definition) is 1. The highest BCUT2D eigenvalue weighted by molar-refractivity contribution is 5.95. The Morgan fingerprint density at radius 3 is 2.83 bits per heavy atom. The van der Waals surface area contributed by atoms with Crippen LogP contribution in [0.15, 0.2) is 24.3 Å². The molecule has 0 saturated carbocycles. The van der Waals surface area contributed by atoms with E-state index in [1.54, 1.807) is 18.2 Å². The van der Waals surface area contributed by atoms with Gasteiger partial charge in [0.25, 0.3) is 5.91 Å². The van der Waals surface area contributed by atoms with Gasteiger partial charge in [-0.1, -0.05) is 6.07 Å². The van der Waals surface area contributed by atoms with Crippen molar-refractivity contribution in [1.82, 2.24) is 4.90 Å². The molecule has 18 heavy (non-hydrogen) atoms. The number of carbonyl (C=O) groups excluding carboxylic acids is 1. The standard InChI is InChI=1S/C13H12N2O3/c14-7-9-2-1-3-10(6-9)12(16)15-5-4-11(8-15)13(17)18/h1-3,6,11H,4-5,8H2,(H,17,18)/t11-/m1/s1. The molecule has 1 atom stereocenters. The van der Waals surface area contributed by atoms with Gasteiger partial charge in [-0.3, -0.25) is 9.59 Å². The molecule has 2 rings (SSSR count). The number of amides is 1. The van der Waals surface area contributed by atoms with Gasteiger partial charge >= 0.3 is 5.97 Å². The Kier molecular flexibility index (Phi) is 3.28. The van der Waals surface area contributed by atoms with Gasteiger partial charge in [-0.15, -0.1) is 0 Å². The molecule has 0 bridgehead atoms. The third-order valence-corrected chi connectivity index (χ3v) is 3.06. The maximum atomic E-state index is 12.1. The highest BCUT2D eigenvalue weighted by atomic mass is 16.4. The Labute approximate surface area is 104 Å². The molecule has 1 N–H and O–H groups in total. The summed E-state index contributed by atoms with van der Waals surface area (Å²) < 4.78 is 0. The Bertz CT molecular complexity index is 533. The highest BCUT2D eigenvalue weighted by Crippen LogP contribution is 2.19. The van der Waals surface area contributed by atoms with Crippen LogP contribution in [0.25, 0.3) is 0 Å². The van der Waals surface area contributed by atoms with Crippen molar-refractivity contribution in [1.29, 1.82) is 5.26 Å². The summed E-state index contributed by atoms with van der Waals surface area (Å²) in [7, 11) is 0. The predicted molar refractivity (Wildman–Crippen MR) is 62.8 cm³/mol. The van der Waals surface area contributed by atoms with Crippen LogP contribution in [-0.2, 0) is 4.79 Å². The summed E-state index contributed by atoms with van der Waals surface area (Å²) in [6.45, 7) is 0.692. The maximum absolute atomic E-state index is 12.1. The van der Waals surface area contributed by atoms with Crippen molar-refractivity contribution in [3.63, 3.8) is 0 Å². The van der Waals surface area contributed by atoms with Crippen molar-refractivity contribution in [2.75, 3.05) is 13.1 Å². The van der Waals surface area contributed by atoms with Crippen molar-refractivity contribution >= 4 is 11.9 Å². The molecule has 0 aliphatic carbocycles. The van der Waals surface area contributed by atoms with Crippen molar-refractivity contribution in [3.8, 4) is 6.07 Å². The van der Waals surface area contributed by atoms with Gasteiger partial charge in [-0.25, -0.2) is 0 Å². The SMILES string of the molecule is N#Cc1cccc(C(=O)N2CC[C@@H](C(=O)O)C2)c1. The first-order chi connectivity index (χ1) is 8.61. The molecule has 5 heteroatoms. The van der Waals surface area contributed by atoms with Gasteiger partial charge in [0.1, 0.15) is 0 Å². The van der Waals surface area contributed by atoms with Crippen LogP contribution >= 0.6 is 0 Å². The molecule has 92 valence electrons. The zero-order valence-corrected chi connectivity index (χ0v) is 9.67.